The highest BCUT2D eigenvalue weighted by Gasteiger charge is 1.98. The van der Waals surface area contributed by atoms with Crippen molar-refractivity contribution >= 4 is 7.12 Å². The standard InChI is InChI=1S/C3H7BO2/c1-2-3-4(5)6/h2,5-6H,1,3H2. The number of hydrogen-bond donors (Lipinski definition) is 2. The molecule has 0 saturated heterocycles. The van der Waals surface area contributed by atoms with Crippen LogP contribution in [0.15, 0.2) is 12.7 Å². The van der Waals surface area contributed by atoms with Crippen LogP contribution in [0, 0.1) is 0 Å². The maximum absolute atomic E-state index is 8.04. The molecule has 0 atom stereocenters. The van der Waals surface area contributed by atoms with Gasteiger partial charge in [-0.1, -0.05) is 6.08 Å². The third kappa shape index (κ3) is 3.72. The van der Waals surface area contributed by atoms with E-state index in [9.17, 15) is 0 Å². The first-order chi connectivity index (χ1) is 2.77. The molecule has 34 valence electrons. The van der Waals surface area contributed by atoms with Crippen molar-refractivity contribution in [2.75, 3.05) is 0 Å². The Morgan fingerprint density at radius 1 is 1.67 bits per heavy atom. The van der Waals surface area contributed by atoms with Crippen LogP contribution in [0.4, 0.5) is 0 Å². The fraction of sp³-hybridized carbons (Fsp3) is 0.333. The van der Waals surface area contributed by atoms with Crippen LogP contribution < -0.4 is 0 Å². The number of allylic oxidation sites excluding steroid dienone is 1. The number of rotatable bonds is 2. The van der Waals surface area contributed by atoms with Gasteiger partial charge in [0.05, 0.1) is 0 Å². The van der Waals surface area contributed by atoms with Gasteiger partial charge in [-0.15, -0.1) is 6.58 Å². The normalized spacial score (nSPS) is 7.67. The van der Waals surface area contributed by atoms with Gasteiger partial charge >= 0.3 is 7.12 Å². The predicted octanol–water partition coefficient (Wildman–Crippen LogP) is -0.355. The Morgan fingerprint density at radius 3 is 2.17 bits per heavy atom. The lowest BCUT2D eigenvalue weighted by atomic mass is 9.87. The van der Waals surface area contributed by atoms with E-state index < -0.39 is 7.12 Å². The molecule has 0 aliphatic heterocycles. The third-order valence-corrected chi connectivity index (χ3v) is 0.377. The second kappa shape index (κ2) is 2.94. The molecule has 0 aliphatic rings. The van der Waals surface area contributed by atoms with Crippen molar-refractivity contribution in [1.82, 2.24) is 0 Å². The Labute approximate surface area is 37.3 Å². The minimum atomic E-state index is -1.22. The van der Waals surface area contributed by atoms with Crippen LogP contribution in [0.3, 0.4) is 0 Å². The van der Waals surface area contributed by atoms with Crippen LogP contribution in [0.2, 0.25) is 6.32 Å². The van der Waals surface area contributed by atoms with Gasteiger partial charge in [0.1, 0.15) is 0 Å². The van der Waals surface area contributed by atoms with Crippen LogP contribution in [0.5, 0.6) is 0 Å². The van der Waals surface area contributed by atoms with Gasteiger partial charge in [0.25, 0.3) is 0 Å². The zero-order valence-corrected chi connectivity index (χ0v) is 3.46. The summed E-state index contributed by atoms with van der Waals surface area (Å²) in [5, 5.41) is 16.1. The lowest BCUT2D eigenvalue weighted by Crippen LogP contribution is -2.07. The molecule has 0 unspecified atom stereocenters. The van der Waals surface area contributed by atoms with Crippen molar-refractivity contribution in [3.63, 3.8) is 0 Å². The summed E-state index contributed by atoms with van der Waals surface area (Å²) in [5.74, 6) is 0. The highest BCUT2D eigenvalue weighted by Crippen LogP contribution is 1.79. The van der Waals surface area contributed by atoms with E-state index >= 15 is 0 Å². The molecule has 0 fully saturated rings. The van der Waals surface area contributed by atoms with E-state index in [2.05, 4.69) is 6.58 Å². The van der Waals surface area contributed by atoms with Crippen LogP contribution in [0.25, 0.3) is 0 Å². The first-order valence-corrected chi connectivity index (χ1v) is 1.74. The highest BCUT2D eigenvalue weighted by atomic mass is 16.4. The topological polar surface area (TPSA) is 40.5 Å². The Hall–Kier alpha value is -0.275. The van der Waals surface area contributed by atoms with Crippen molar-refractivity contribution in [1.29, 1.82) is 0 Å². The quantitative estimate of drug-likeness (QED) is 0.356. The molecule has 0 bridgehead atoms. The lowest BCUT2D eigenvalue weighted by molar-refractivity contribution is 0.411. The van der Waals surface area contributed by atoms with Gasteiger partial charge < -0.3 is 10.0 Å². The molecule has 0 aromatic heterocycles. The van der Waals surface area contributed by atoms with Gasteiger partial charge in [0.2, 0.25) is 0 Å². The van der Waals surface area contributed by atoms with Crippen LogP contribution >= 0.6 is 0 Å². The molecule has 0 aromatic rings. The van der Waals surface area contributed by atoms with E-state index in [-0.39, 0.29) is 6.32 Å². The van der Waals surface area contributed by atoms with Crippen molar-refractivity contribution in [3.8, 4) is 0 Å². The van der Waals surface area contributed by atoms with Gasteiger partial charge in [-0.2, -0.15) is 0 Å². The molecule has 6 heavy (non-hydrogen) atoms. The molecule has 0 aromatic carbocycles. The molecular weight excluding hydrogens is 78.8 g/mol. The molecule has 0 spiro atoms. The minimum absolute atomic E-state index is 0.250. The van der Waals surface area contributed by atoms with Gasteiger partial charge in [-0.05, 0) is 6.32 Å². The van der Waals surface area contributed by atoms with Crippen molar-refractivity contribution in [2.45, 2.75) is 6.32 Å². The summed E-state index contributed by atoms with van der Waals surface area (Å²) in [6.07, 6.45) is 1.70. The first-order valence-electron chi connectivity index (χ1n) is 1.74. The summed E-state index contributed by atoms with van der Waals surface area (Å²) < 4.78 is 0. The zero-order chi connectivity index (χ0) is 4.99. The van der Waals surface area contributed by atoms with E-state index in [1.165, 1.54) is 6.08 Å². The highest BCUT2D eigenvalue weighted by molar-refractivity contribution is 6.41. The molecular formula is C3H7BO2. The van der Waals surface area contributed by atoms with Crippen LogP contribution in [-0.4, -0.2) is 17.2 Å². The molecule has 0 amide bonds. The Morgan fingerprint density at radius 2 is 2.17 bits per heavy atom. The largest absolute Gasteiger partial charge is 0.455 e. The maximum atomic E-state index is 8.04. The van der Waals surface area contributed by atoms with Gasteiger partial charge in [-0.25, -0.2) is 0 Å². The van der Waals surface area contributed by atoms with Gasteiger partial charge in [0.15, 0.2) is 0 Å². The monoisotopic (exact) mass is 86.1 g/mol. The third-order valence-electron chi connectivity index (χ3n) is 0.377. The van der Waals surface area contributed by atoms with E-state index in [1.807, 2.05) is 0 Å². The smallest absolute Gasteiger partial charge is 0.427 e. The second-order valence-corrected chi connectivity index (χ2v) is 1.00. The summed E-state index contributed by atoms with van der Waals surface area (Å²) in [7, 11) is -1.22. The Balaban J connectivity index is 2.81. The summed E-state index contributed by atoms with van der Waals surface area (Å²) in [5.41, 5.74) is 0. The van der Waals surface area contributed by atoms with Crippen LogP contribution in [0.1, 0.15) is 0 Å². The van der Waals surface area contributed by atoms with Gasteiger partial charge in [0, 0.05) is 0 Å². The first kappa shape index (κ1) is 5.72. The molecule has 0 aliphatic carbocycles. The Kier molecular flexibility index (Phi) is 2.80. The maximum Gasteiger partial charge on any atom is 0.455 e. The molecule has 2 N–H and O–H groups in total. The second-order valence-electron chi connectivity index (χ2n) is 1.00. The molecule has 0 radical (unpaired) electrons. The average molecular weight is 85.9 g/mol. The summed E-state index contributed by atoms with van der Waals surface area (Å²) in [6, 6.07) is 0. The molecule has 0 saturated carbocycles. The fourth-order valence-electron chi connectivity index (χ4n) is 0.149. The lowest BCUT2D eigenvalue weighted by Gasteiger charge is -1.83. The summed E-state index contributed by atoms with van der Waals surface area (Å²) in [4.78, 5) is 0. The molecule has 3 heteroatoms. The fourth-order valence-corrected chi connectivity index (χ4v) is 0.149. The summed E-state index contributed by atoms with van der Waals surface area (Å²) >= 11 is 0. The van der Waals surface area contributed by atoms with Crippen LogP contribution in [-0.2, 0) is 0 Å². The van der Waals surface area contributed by atoms with Crippen molar-refractivity contribution in [2.24, 2.45) is 0 Å². The molecule has 0 rings (SSSR count). The predicted molar refractivity (Wildman–Crippen MR) is 25.2 cm³/mol. The van der Waals surface area contributed by atoms with E-state index in [0.717, 1.165) is 0 Å². The van der Waals surface area contributed by atoms with Gasteiger partial charge in [-0.3, -0.25) is 0 Å². The molecule has 0 heterocycles. The van der Waals surface area contributed by atoms with E-state index in [0.29, 0.717) is 0 Å². The summed E-state index contributed by atoms with van der Waals surface area (Å²) in [6.45, 7) is 3.28. The Bertz CT molecular complexity index is 44.1. The number of hydrogen-bond acceptors (Lipinski definition) is 2. The SMILES string of the molecule is C=CCB(O)O. The molecule has 2 nitrogen and oxygen atoms in total. The van der Waals surface area contributed by atoms with Crippen molar-refractivity contribution < 1.29 is 10.0 Å². The van der Waals surface area contributed by atoms with E-state index in [1.54, 1.807) is 0 Å². The van der Waals surface area contributed by atoms with E-state index in [4.69, 9.17) is 10.0 Å². The minimum Gasteiger partial charge on any atom is -0.427 e. The van der Waals surface area contributed by atoms with Crippen molar-refractivity contribution in [3.05, 3.63) is 12.7 Å². The average Bonchev–Trinajstić information content (AvgIpc) is 1.35. The zero-order valence-electron chi connectivity index (χ0n) is 3.46.